The fraction of sp³-hybridized carbons (Fsp3) is 0.343. The number of hydrogen-bond donors (Lipinski definition) is 0. The first kappa shape index (κ1) is 50.4. The van der Waals surface area contributed by atoms with Gasteiger partial charge in [0, 0.05) is 0 Å². The van der Waals surface area contributed by atoms with E-state index in [1.54, 1.807) is 8.67 Å². The van der Waals surface area contributed by atoms with E-state index in [-0.39, 0.29) is 60.4 Å². The van der Waals surface area contributed by atoms with Gasteiger partial charge in [-0.05, 0) is 0 Å². The number of hydrogen-bond acceptors (Lipinski definition) is 4. The van der Waals surface area contributed by atoms with Gasteiger partial charge in [0.25, 0.3) is 0 Å². The van der Waals surface area contributed by atoms with Crippen molar-refractivity contribution in [1.29, 1.82) is 0 Å². The molecule has 1 aromatic heterocycles. The maximum absolute atomic E-state index is 2.75. The number of fused-ring (bicyclic) bond motifs is 11. The Balaban J connectivity index is 1.14. The standard InChI is InChI=1S/C70H76B2N4Se/c1-65(2,3)41-31-42(66(4,5)6)34-47(33-41)73-51-27-21-19-25-49(51)71-59-55(73)37-45(69(13,14)15)39-57(59)75-53-29-23-24-30-54(53)76-58-40-46(70(16,17)18)38-56-60(58)72(64-62(76)61(75)63(71)77-64)50-26-20-22-28-52(50)74(56)48-35-43(67(7,8)9)32-44(36-48)68(10,11)12/h19-40H,1-18H3. The normalized spacial score (nSPS) is 15.2. The van der Waals surface area contributed by atoms with E-state index in [1.165, 1.54) is 123 Å². The minimum absolute atomic E-state index is 0.0183. The average molecular weight is 1070 g/mol. The summed E-state index contributed by atoms with van der Waals surface area (Å²) in [6, 6.07) is 53.5. The fourth-order valence-electron chi connectivity index (χ4n) is 13.1. The first-order valence-electron chi connectivity index (χ1n) is 28.3. The summed E-state index contributed by atoms with van der Waals surface area (Å²) in [5.41, 5.74) is 29.0. The Kier molecular flexibility index (Phi) is 10.6. The second-order valence-electron chi connectivity index (χ2n) is 29.2. The van der Waals surface area contributed by atoms with Crippen molar-refractivity contribution < 1.29 is 0 Å². The molecule has 7 heteroatoms. The van der Waals surface area contributed by atoms with Crippen LogP contribution in [0.1, 0.15) is 158 Å². The van der Waals surface area contributed by atoms with Crippen LogP contribution in [0.25, 0.3) is 0 Å². The number of anilines is 12. The van der Waals surface area contributed by atoms with Gasteiger partial charge in [0.15, 0.2) is 0 Å². The Morgan fingerprint density at radius 1 is 0.286 bits per heavy atom. The summed E-state index contributed by atoms with van der Waals surface area (Å²) in [4.78, 5) is 10.8. The zero-order valence-corrected chi connectivity index (χ0v) is 50.8. The van der Waals surface area contributed by atoms with Gasteiger partial charge in [-0.25, -0.2) is 0 Å². The number of para-hydroxylation sites is 4. The predicted molar refractivity (Wildman–Crippen MR) is 337 cm³/mol. The molecular formula is C70H76B2N4Se. The van der Waals surface area contributed by atoms with Gasteiger partial charge in [0.1, 0.15) is 0 Å². The second-order valence-corrected chi connectivity index (χ2v) is 31.5. The molecule has 8 aromatic rings. The molecule has 0 unspecified atom stereocenters. The number of rotatable bonds is 2. The van der Waals surface area contributed by atoms with Gasteiger partial charge in [-0.2, -0.15) is 0 Å². The van der Waals surface area contributed by atoms with Crippen LogP contribution in [0.5, 0.6) is 0 Å². The Hall–Kier alpha value is -6.13. The molecule has 0 atom stereocenters. The Morgan fingerprint density at radius 2 is 0.545 bits per heavy atom. The van der Waals surface area contributed by atoms with Crippen molar-refractivity contribution in [3.8, 4) is 0 Å². The molecule has 13 rings (SSSR count). The van der Waals surface area contributed by atoms with E-state index >= 15 is 0 Å². The number of benzene rings is 7. The van der Waals surface area contributed by atoms with Gasteiger partial charge in [0.2, 0.25) is 0 Å². The minimum atomic E-state index is -0.116. The molecule has 5 aliphatic rings. The average Bonchev–Trinajstić information content (AvgIpc) is 4.04. The van der Waals surface area contributed by atoms with E-state index in [9.17, 15) is 0 Å². The van der Waals surface area contributed by atoms with E-state index in [0.29, 0.717) is 0 Å². The van der Waals surface area contributed by atoms with Gasteiger partial charge >= 0.3 is 470 Å². The molecule has 0 radical (unpaired) electrons. The van der Waals surface area contributed by atoms with Crippen molar-refractivity contribution in [1.82, 2.24) is 0 Å². The first-order valence-corrected chi connectivity index (χ1v) is 30.0. The third-order valence-electron chi connectivity index (χ3n) is 17.6. The van der Waals surface area contributed by atoms with E-state index in [0.717, 1.165) is 0 Å². The molecule has 6 heterocycles. The van der Waals surface area contributed by atoms with Crippen LogP contribution in [0.2, 0.25) is 0 Å². The Morgan fingerprint density at radius 3 is 0.844 bits per heavy atom. The van der Waals surface area contributed by atoms with E-state index in [2.05, 4.69) is 278 Å². The van der Waals surface area contributed by atoms with Crippen LogP contribution in [0.3, 0.4) is 0 Å². The van der Waals surface area contributed by atoms with Crippen LogP contribution in [-0.2, 0) is 32.5 Å². The maximum atomic E-state index is 2.75. The van der Waals surface area contributed by atoms with E-state index in [1.807, 2.05) is 0 Å². The molecule has 0 saturated carbocycles. The number of nitrogens with zero attached hydrogens (tertiary/aromatic N) is 4. The fourth-order valence-corrected chi connectivity index (χ4v) is 16.3. The van der Waals surface area contributed by atoms with E-state index < -0.39 is 0 Å². The third-order valence-corrected chi connectivity index (χ3v) is 20.3. The summed E-state index contributed by atoms with van der Waals surface area (Å²) < 4.78 is 3.14. The summed E-state index contributed by atoms with van der Waals surface area (Å²) >= 11 is -0.0183. The molecule has 0 amide bonds. The molecule has 0 aliphatic carbocycles. The second kappa shape index (κ2) is 16.2. The molecule has 5 aliphatic heterocycles. The molecule has 0 N–H and O–H groups in total. The molecule has 77 heavy (non-hydrogen) atoms. The zero-order valence-electron chi connectivity index (χ0n) is 49.1. The molecule has 0 fully saturated rings. The van der Waals surface area contributed by atoms with Crippen LogP contribution >= 0.6 is 0 Å². The molecule has 7 aromatic carbocycles. The van der Waals surface area contributed by atoms with Gasteiger partial charge in [0.05, 0.1) is 0 Å². The van der Waals surface area contributed by atoms with Gasteiger partial charge < -0.3 is 0 Å². The van der Waals surface area contributed by atoms with Crippen molar-refractivity contribution in [2.24, 2.45) is 0 Å². The van der Waals surface area contributed by atoms with E-state index in [4.69, 9.17) is 0 Å². The molecule has 388 valence electrons. The summed E-state index contributed by atoms with van der Waals surface area (Å²) in [6.07, 6.45) is 0. The quantitative estimate of drug-likeness (QED) is 0.160. The van der Waals surface area contributed by atoms with Crippen molar-refractivity contribution in [3.05, 3.63) is 167 Å². The summed E-state index contributed by atoms with van der Waals surface area (Å²) in [7, 11) is 0. The molecule has 0 saturated heterocycles. The molecule has 0 spiro atoms. The summed E-state index contributed by atoms with van der Waals surface area (Å²) in [6.45, 7) is 42.9. The zero-order chi connectivity index (χ0) is 54.6. The van der Waals surface area contributed by atoms with Crippen molar-refractivity contribution in [2.45, 2.75) is 157 Å². The van der Waals surface area contributed by atoms with Crippen LogP contribution < -0.4 is 50.1 Å². The summed E-state index contributed by atoms with van der Waals surface area (Å²) in [5.74, 6) is 0. The van der Waals surface area contributed by atoms with Crippen LogP contribution in [0.4, 0.5) is 68.2 Å². The predicted octanol–water partition coefficient (Wildman–Crippen LogP) is 15.0. The van der Waals surface area contributed by atoms with Gasteiger partial charge in [-0.3, -0.25) is 0 Å². The third kappa shape index (κ3) is 7.52. The molecular weight excluding hydrogens is 997 g/mol. The molecule has 0 bridgehead atoms. The molecule has 4 nitrogen and oxygen atoms in total. The monoisotopic (exact) mass is 1070 g/mol. The topological polar surface area (TPSA) is 13.0 Å². The van der Waals surface area contributed by atoms with Crippen molar-refractivity contribution in [3.63, 3.8) is 0 Å². The van der Waals surface area contributed by atoms with Gasteiger partial charge in [-0.1, -0.05) is 0 Å². The Bertz CT molecular complexity index is 3510. The van der Waals surface area contributed by atoms with Crippen LogP contribution in [0.15, 0.2) is 133 Å². The first-order chi connectivity index (χ1) is 36.0. The van der Waals surface area contributed by atoms with Crippen LogP contribution in [-0.4, -0.2) is 27.9 Å². The Labute approximate surface area is 467 Å². The van der Waals surface area contributed by atoms with Crippen molar-refractivity contribution in [2.75, 3.05) is 19.6 Å². The van der Waals surface area contributed by atoms with Gasteiger partial charge in [-0.15, -0.1) is 0 Å². The SMILES string of the molecule is CC(C)(C)c1cc(N2c3ccccc3B3c4[se]c5c6c4N(c4ccccc4N6c4cc(C(C)(C)C)cc6c4B5c4ccccc4N6c4cc(C(C)(C)C)cc(C(C)(C)C)c4)c4cc(C(C)(C)C)cc2c43)cc(C(C)(C)C)c1. The van der Waals surface area contributed by atoms with Crippen molar-refractivity contribution >= 4 is 127 Å². The summed E-state index contributed by atoms with van der Waals surface area (Å²) in [5, 5.41) is 0. The van der Waals surface area contributed by atoms with Crippen LogP contribution in [0, 0.1) is 0 Å².